The van der Waals surface area contributed by atoms with Gasteiger partial charge in [0.15, 0.2) is 0 Å². The monoisotopic (exact) mass is 489 g/mol. The number of hydrogen-bond acceptors (Lipinski definition) is 6. The summed E-state index contributed by atoms with van der Waals surface area (Å²) >= 11 is 18.7. The Morgan fingerprint density at radius 2 is 1.97 bits per heavy atom. The van der Waals surface area contributed by atoms with Crippen LogP contribution in [0, 0.1) is 5.82 Å². The van der Waals surface area contributed by atoms with Crippen LogP contribution < -0.4 is 10.1 Å². The fraction of sp³-hybridized carbons (Fsp3) is 0.211. The Kier molecular flexibility index (Phi) is 8.21. The molecule has 3 aromatic rings. The van der Waals surface area contributed by atoms with Crippen molar-refractivity contribution in [2.24, 2.45) is 0 Å². The van der Waals surface area contributed by atoms with Gasteiger partial charge in [-0.05, 0) is 42.8 Å². The number of aromatic nitrogens is 2. The Morgan fingerprint density at radius 1 is 1.13 bits per heavy atom. The van der Waals surface area contributed by atoms with Gasteiger partial charge >= 0.3 is 0 Å². The molecule has 0 atom stereocenters. The first-order valence-electron chi connectivity index (χ1n) is 8.68. The Hall–Kier alpha value is -2.00. The number of halogens is 4. The first-order chi connectivity index (χ1) is 14.4. The number of benzene rings is 2. The molecule has 1 heterocycles. The topological polar surface area (TPSA) is 77.2 Å². The normalized spacial score (nSPS) is 10.8. The number of aryl methyl sites for hydroxylation is 1. The van der Waals surface area contributed by atoms with Gasteiger partial charge in [0.05, 0.1) is 22.4 Å². The summed E-state index contributed by atoms with van der Waals surface area (Å²) in [6.07, 6.45) is 1.15. The van der Waals surface area contributed by atoms with Crippen LogP contribution in [-0.2, 0) is 11.2 Å². The molecule has 0 aliphatic heterocycles. The van der Waals surface area contributed by atoms with Gasteiger partial charge in [-0.3, -0.25) is 4.79 Å². The number of amides is 1. The molecule has 1 aromatic heterocycles. The van der Waals surface area contributed by atoms with Crippen LogP contribution in [-0.4, -0.2) is 28.5 Å². The average Bonchev–Trinajstić information content (AvgIpc) is 3.16. The van der Waals surface area contributed by atoms with E-state index in [9.17, 15) is 9.18 Å². The quantitative estimate of drug-likeness (QED) is 0.297. The Morgan fingerprint density at radius 3 is 2.73 bits per heavy atom. The van der Waals surface area contributed by atoms with Crippen LogP contribution in [0.25, 0.3) is 0 Å². The molecule has 0 saturated heterocycles. The molecule has 1 N–H and O–H groups in total. The minimum Gasteiger partial charge on any atom is -0.492 e. The molecule has 1 amide bonds. The second-order valence-corrected chi connectivity index (χ2v) is 8.13. The zero-order valence-electron chi connectivity index (χ0n) is 15.3. The van der Waals surface area contributed by atoms with Gasteiger partial charge in [0.1, 0.15) is 11.6 Å². The predicted molar refractivity (Wildman–Crippen MR) is 115 cm³/mol. The third kappa shape index (κ3) is 6.77. The number of ether oxygens (including phenoxy) is 1. The molecule has 0 unspecified atom stereocenters. The molecule has 0 spiro atoms. The molecule has 0 fully saturated rings. The van der Waals surface area contributed by atoms with Crippen LogP contribution in [0.15, 0.2) is 46.0 Å². The van der Waals surface area contributed by atoms with E-state index in [0.29, 0.717) is 46.8 Å². The summed E-state index contributed by atoms with van der Waals surface area (Å²) in [7, 11) is 0. The summed E-state index contributed by atoms with van der Waals surface area (Å²) in [6, 6.07) is 8.96. The zero-order chi connectivity index (χ0) is 21.5. The van der Waals surface area contributed by atoms with Gasteiger partial charge in [-0.1, -0.05) is 46.6 Å². The van der Waals surface area contributed by atoms with Crippen molar-refractivity contribution in [3.05, 3.63) is 63.2 Å². The van der Waals surface area contributed by atoms with E-state index in [0.717, 1.165) is 11.8 Å². The summed E-state index contributed by atoms with van der Waals surface area (Å²) in [4.78, 5) is 12.0. The van der Waals surface area contributed by atoms with E-state index in [1.807, 2.05) is 0 Å². The van der Waals surface area contributed by atoms with E-state index in [1.165, 1.54) is 18.2 Å². The van der Waals surface area contributed by atoms with E-state index in [1.54, 1.807) is 18.2 Å². The highest BCUT2D eigenvalue weighted by molar-refractivity contribution is 7.99. The average molecular weight is 491 g/mol. The van der Waals surface area contributed by atoms with Gasteiger partial charge in [0.25, 0.3) is 5.22 Å². The lowest BCUT2D eigenvalue weighted by Gasteiger charge is -2.07. The van der Waals surface area contributed by atoms with Crippen molar-refractivity contribution in [1.82, 2.24) is 10.2 Å². The van der Waals surface area contributed by atoms with Gasteiger partial charge in [-0.25, -0.2) is 4.39 Å². The van der Waals surface area contributed by atoms with Crippen LogP contribution in [0.4, 0.5) is 10.1 Å². The van der Waals surface area contributed by atoms with E-state index in [2.05, 4.69) is 15.5 Å². The van der Waals surface area contributed by atoms with Gasteiger partial charge in [-0.2, -0.15) is 0 Å². The van der Waals surface area contributed by atoms with Crippen molar-refractivity contribution in [3.63, 3.8) is 0 Å². The number of nitrogens with one attached hydrogen (secondary N) is 1. The summed E-state index contributed by atoms with van der Waals surface area (Å²) in [5.41, 5.74) is 0.402. The van der Waals surface area contributed by atoms with E-state index < -0.39 is 5.82 Å². The Labute approximate surface area is 191 Å². The standard InChI is InChI=1S/C19H15Cl3FN3O3S/c20-11-3-6-16(14(22)8-11)28-7-1-2-18-25-26-19(29-18)30-10-17(27)24-12-4-5-15(23)13(21)9-12/h3-6,8-9H,1-2,7,10H2,(H,24,27). The van der Waals surface area contributed by atoms with Gasteiger partial charge in [-0.15, -0.1) is 10.2 Å². The minimum atomic E-state index is -0.552. The molecule has 3 rings (SSSR count). The molecular formula is C19H15Cl3FN3O3S. The Balaban J connectivity index is 1.39. The third-order valence-electron chi connectivity index (χ3n) is 3.66. The number of anilines is 1. The molecule has 6 nitrogen and oxygen atoms in total. The molecule has 158 valence electrons. The van der Waals surface area contributed by atoms with Crippen molar-refractivity contribution >= 4 is 58.2 Å². The van der Waals surface area contributed by atoms with Crippen molar-refractivity contribution in [2.75, 3.05) is 17.7 Å². The molecule has 0 radical (unpaired) electrons. The van der Waals surface area contributed by atoms with Gasteiger partial charge in [0.2, 0.25) is 11.8 Å². The summed E-state index contributed by atoms with van der Waals surface area (Å²) < 4.78 is 24.2. The summed E-state index contributed by atoms with van der Waals surface area (Å²) in [6.45, 7) is 0.412. The van der Waals surface area contributed by atoms with Crippen LogP contribution >= 0.6 is 46.6 Å². The number of rotatable bonds is 9. The Bertz CT molecular complexity index is 1040. The zero-order valence-corrected chi connectivity index (χ0v) is 18.4. The van der Waals surface area contributed by atoms with E-state index >= 15 is 0 Å². The molecular weight excluding hydrogens is 476 g/mol. The number of thioether (sulfide) groups is 1. The van der Waals surface area contributed by atoms with Crippen LogP contribution in [0.5, 0.6) is 5.75 Å². The molecule has 0 aliphatic carbocycles. The van der Waals surface area contributed by atoms with Crippen molar-refractivity contribution < 1.29 is 18.3 Å². The second-order valence-electron chi connectivity index (χ2n) is 5.95. The second kappa shape index (κ2) is 10.9. The summed E-state index contributed by atoms with van der Waals surface area (Å²) in [5.74, 6) is 0.180. The lowest BCUT2D eigenvalue weighted by atomic mass is 10.3. The van der Waals surface area contributed by atoms with Crippen molar-refractivity contribution in [1.29, 1.82) is 0 Å². The van der Waals surface area contributed by atoms with Crippen molar-refractivity contribution in [2.45, 2.75) is 18.1 Å². The highest BCUT2D eigenvalue weighted by Gasteiger charge is 2.11. The minimum absolute atomic E-state index is 0.0504. The van der Waals surface area contributed by atoms with Crippen molar-refractivity contribution in [3.8, 4) is 5.75 Å². The molecule has 30 heavy (non-hydrogen) atoms. The van der Waals surface area contributed by atoms with Gasteiger partial charge in [0, 0.05) is 17.1 Å². The number of carbonyl (C=O) groups is 1. The van der Waals surface area contributed by atoms with Crippen LogP contribution in [0.3, 0.4) is 0 Å². The first kappa shape index (κ1) is 22.7. The van der Waals surface area contributed by atoms with Gasteiger partial charge < -0.3 is 14.5 Å². The maximum Gasteiger partial charge on any atom is 0.277 e. The highest BCUT2D eigenvalue weighted by atomic mass is 35.5. The lowest BCUT2D eigenvalue weighted by Crippen LogP contribution is -2.14. The number of hydrogen-bond donors (Lipinski definition) is 1. The maximum atomic E-state index is 13.1. The number of nitrogens with zero attached hydrogens (tertiary/aromatic N) is 2. The fourth-order valence-electron chi connectivity index (χ4n) is 2.29. The number of carbonyl (C=O) groups excluding carboxylic acids is 1. The SMILES string of the molecule is O=C(CSc1nnc(CCCOc2ccc(Cl)cc2Cl)o1)Nc1ccc(F)c(Cl)c1. The van der Waals surface area contributed by atoms with E-state index in [-0.39, 0.29) is 21.9 Å². The molecule has 0 bridgehead atoms. The third-order valence-corrected chi connectivity index (χ3v) is 5.30. The lowest BCUT2D eigenvalue weighted by molar-refractivity contribution is -0.113. The molecule has 0 aliphatic rings. The predicted octanol–water partition coefficient (Wildman–Crippen LogP) is 5.91. The van der Waals surface area contributed by atoms with Crippen LogP contribution in [0.2, 0.25) is 15.1 Å². The summed E-state index contributed by atoms with van der Waals surface area (Å²) in [5, 5.41) is 11.7. The fourth-order valence-corrected chi connectivity index (χ4v) is 3.52. The molecule has 2 aromatic carbocycles. The highest BCUT2D eigenvalue weighted by Crippen LogP contribution is 2.27. The largest absolute Gasteiger partial charge is 0.492 e. The molecule has 11 heteroatoms. The molecule has 0 saturated carbocycles. The van der Waals surface area contributed by atoms with Crippen LogP contribution in [0.1, 0.15) is 12.3 Å². The first-order valence-corrected chi connectivity index (χ1v) is 10.8. The maximum absolute atomic E-state index is 13.1. The van der Waals surface area contributed by atoms with E-state index in [4.69, 9.17) is 44.0 Å². The smallest absolute Gasteiger partial charge is 0.277 e.